The molecule has 1 amide bonds. The van der Waals surface area contributed by atoms with Gasteiger partial charge in [0.2, 0.25) is 5.91 Å². The van der Waals surface area contributed by atoms with Crippen molar-refractivity contribution >= 4 is 27.1 Å². The Kier molecular flexibility index (Phi) is 5.52. The van der Waals surface area contributed by atoms with Crippen molar-refractivity contribution in [1.29, 1.82) is 0 Å². The second-order valence-corrected chi connectivity index (χ2v) is 10.6. The number of sulfone groups is 1. The van der Waals surface area contributed by atoms with Crippen LogP contribution in [0.4, 0.5) is 0 Å². The topological polar surface area (TPSA) is 76.1 Å². The lowest BCUT2D eigenvalue weighted by Gasteiger charge is -2.10. The maximum atomic E-state index is 12.6. The lowest BCUT2D eigenvalue weighted by molar-refractivity contribution is -0.121. The second kappa shape index (κ2) is 8.08. The van der Waals surface area contributed by atoms with Crippen molar-refractivity contribution in [3.63, 3.8) is 0 Å². The quantitative estimate of drug-likeness (QED) is 0.676. The van der Waals surface area contributed by atoms with Gasteiger partial charge in [0.05, 0.1) is 28.5 Å². The number of rotatable bonds is 5. The molecule has 1 aliphatic heterocycles. The van der Waals surface area contributed by atoms with Gasteiger partial charge in [-0.2, -0.15) is 0 Å². The predicted molar refractivity (Wildman–Crippen MR) is 117 cm³/mol. The number of carbonyl (C=O) groups is 1. The molecule has 0 bridgehead atoms. The van der Waals surface area contributed by atoms with Gasteiger partial charge < -0.3 is 5.32 Å². The fourth-order valence-electron chi connectivity index (χ4n) is 3.45. The summed E-state index contributed by atoms with van der Waals surface area (Å²) in [7, 11) is -3.03. The maximum Gasteiger partial charge on any atom is 0.226 e. The van der Waals surface area contributed by atoms with Gasteiger partial charge in [0.15, 0.2) is 9.84 Å². The normalized spacial score (nSPS) is 17.9. The molecule has 0 aliphatic carbocycles. The Morgan fingerprint density at radius 3 is 2.48 bits per heavy atom. The smallest absolute Gasteiger partial charge is 0.226 e. The molecule has 150 valence electrons. The van der Waals surface area contributed by atoms with E-state index in [1.165, 1.54) is 5.56 Å². The minimum absolute atomic E-state index is 0.0237. The minimum Gasteiger partial charge on any atom is -0.352 e. The summed E-state index contributed by atoms with van der Waals surface area (Å²) >= 11 is 1.57. The van der Waals surface area contributed by atoms with Gasteiger partial charge in [-0.1, -0.05) is 60.2 Å². The van der Waals surface area contributed by atoms with Crippen LogP contribution in [-0.4, -0.2) is 36.9 Å². The van der Waals surface area contributed by atoms with Crippen LogP contribution in [0.25, 0.3) is 21.0 Å². The number of aromatic nitrogens is 1. The molecule has 1 aliphatic rings. The van der Waals surface area contributed by atoms with Crippen LogP contribution in [0.2, 0.25) is 0 Å². The number of hydrogen-bond donors (Lipinski definition) is 1. The summed E-state index contributed by atoms with van der Waals surface area (Å²) < 4.78 is 23.3. The van der Waals surface area contributed by atoms with Crippen molar-refractivity contribution in [2.75, 3.05) is 11.5 Å². The molecule has 1 aromatic heterocycles. The first kappa shape index (κ1) is 19.8. The average molecular weight is 427 g/mol. The van der Waals surface area contributed by atoms with Crippen LogP contribution in [0.1, 0.15) is 17.7 Å². The molecule has 29 heavy (non-hydrogen) atoms. The predicted octanol–water partition coefficient (Wildman–Crippen LogP) is 3.63. The van der Waals surface area contributed by atoms with E-state index in [4.69, 9.17) is 4.98 Å². The maximum absolute atomic E-state index is 12.6. The van der Waals surface area contributed by atoms with Gasteiger partial charge in [0.25, 0.3) is 0 Å². The number of carbonyl (C=O) groups excluding carboxylic acids is 1. The monoisotopic (exact) mass is 426 g/mol. The van der Waals surface area contributed by atoms with Crippen LogP contribution in [0, 0.1) is 6.92 Å². The van der Waals surface area contributed by atoms with E-state index in [9.17, 15) is 13.2 Å². The molecule has 1 fully saturated rings. The molecular formula is C22H22N2O3S2. The van der Waals surface area contributed by atoms with E-state index in [0.717, 1.165) is 26.7 Å². The number of amides is 1. The molecule has 5 nitrogen and oxygen atoms in total. The molecule has 1 unspecified atom stereocenters. The molecule has 2 aromatic carbocycles. The summed E-state index contributed by atoms with van der Waals surface area (Å²) in [4.78, 5) is 18.4. The molecule has 3 aromatic rings. The number of nitrogens with zero attached hydrogens (tertiary/aromatic N) is 1. The third kappa shape index (κ3) is 4.74. The number of nitrogens with one attached hydrogen (secondary N) is 1. The molecule has 0 radical (unpaired) electrons. The third-order valence-electron chi connectivity index (χ3n) is 4.96. The van der Waals surface area contributed by atoms with Gasteiger partial charge in [-0.25, -0.2) is 13.4 Å². The summed E-state index contributed by atoms with van der Waals surface area (Å²) in [5.41, 5.74) is 3.93. The van der Waals surface area contributed by atoms with Gasteiger partial charge in [0, 0.05) is 11.6 Å². The van der Waals surface area contributed by atoms with Crippen molar-refractivity contribution in [2.45, 2.75) is 25.8 Å². The van der Waals surface area contributed by atoms with E-state index >= 15 is 0 Å². The first-order valence-corrected chi connectivity index (χ1v) is 12.2. The molecule has 7 heteroatoms. The minimum atomic E-state index is -3.03. The Morgan fingerprint density at radius 1 is 1.10 bits per heavy atom. The number of thiazole rings is 1. The number of aryl methyl sites for hydroxylation is 1. The highest BCUT2D eigenvalue weighted by molar-refractivity contribution is 7.91. The first-order chi connectivity index (χ1) is 13.9. The van der Waals surface area contributed by atoms with Gasteiger partial charge >= 0.3 is 0 Å². The summed E-state index contributed by atoms with van der Waals surface area (Å²) in [6.07, 6.45) is 0.605. The SMILES string of the molecule is Cc1ccc(-c2sc(-c3ccccc3)nc2CC(=O)NC2CCS(=O)(=O)C2)cc1. The first-order valence-electron chi connectivity index (χ1n) is 9.51. The molecule has 0 spiro atoms. The second-order valence-electron chi connectivity index (χ2n) is 7.37. The van der Waals surface area contributed by atoms with Crippen molar-refractivity contribution in [1.82, 2.24) is 10.3 Å². The highest BCUT2D eigenvalue weighted by Gasteiger charge is 2.29. The zero-order valence-corrected chi connectivity index (χ0v) is 17.7. The van der Waals surface area contributed by atoms with E-state index in [-0.39, 0.29) is 29.9 Å². The van der Waals surface area contributed by atoms with Crippen LogP contribution < -0.4 is 5.32 Å². The van der Waals surface area contributed by atoms with E-state index in [2.05, 4.69) is 5.32 Å². The van der Waals surface area contributed by atoms with Crippen LogP contribution in [0.3, 0.4) is 0 Å². The lowest BCUT2D eigenvalue weighted by atomic mass is 10.1. The Bertz CT molecular complexity index is 1120. The van der Waals surface area contributed by atoms with Crippen LogP contribution in [0.15, 0.2) is 54.6 Å². The van der Waals surface area contributed by atoms with Gasteiger partial charge in [0.1, 0.15) is 5.01 Å². The van der Waals surface area contributed by atoms with Crippen molar-refractivity contribution < 1.29 is 13.2 Å². The summed E-state index contributed by atoms with van der Waals surface area (Å²) in [5, 5.41) is 3.73. The van der Waals surface area contributed by atoms with Crippen molar-refractivity contribution in [2.24, 2.45) is 0 Å². The van der Waals surface area contributed by atoms with E-state index in [1.807, 2.05) is 61.5 Å². The zero-order valence-electron chi connectivity index (χ0n) is 16.1. The zero-order chi connectivity index (χ0) is 20.4. The van der Waals surface area contributed by atoms with Crippen molar-refractivity contribution in [3.05, 3.63) is 65.9 Å². The molecule has 1 atom stereocenters. The Hall–Kier alpha value is -2.51. The van der Waals surface area contributed by atoms with Crippen LogP contribution >= 0.6 is 11.3 Å². The van der Waals surface area contributed by atoms with E-state index in [0.29, 0.717) is 6.42 Å². The number of benzene rings is 2. The summed E-state index contributed by atoms with van der Waals surface area (Å²) in [6.45, 7) is 2.04. The lowest BCUT2D eigenvalue weighted by Crippen LogP contribution is -2.36. The fourth-order valence-corrected chi connectivity index (χ4v) is 6.21. The van der Waals surface area contributed by atoms with Gasteiger partial charge in [-0.05, 0) is 18.9 Å². The Morgan fingerprint density at radius 2 is 1.83 bits per heavy atom. The standard InChI is InChI=1S/C22H22N2O3S2/c1-15-7-9-16(10-8-15)21-19(24-22(28-21)17-5-3-2-4-6-17)13-20(25)23-18-11-12-29(26,27)14-18/h2-10,18H,11-14H2,1H3,(H,23,25). The van der Waals surface area contributed by atoms with Crippen LogP contribution in [0.5, 0.6) is 0 Å². The molecule has 1 saturated heterocycles. The largest absolute Gasteiger partial charge is 0.352 e. The molecule has 1 N–H and O–H groups in total. The Labute approximate surface area is 174 Å². The van der Waals surface area contributed by atoms with E-state index < -0.39 is 9.84 Å². The fraction of sp³-hybridized carbons (Fsp3) is 0.273. The average Bonchev–Trinajstić information content (AvgIpc) is 3.26. The summed E-state index contributed by atoms with van der Waals surface area (Å²) in [5.74, 6) is -0.0255. The van der Waals surface area contributed by atoms with Gasteiger partial charge in [-0.15, -0.1) is 11.3 Å². The van der Waals surface area contributed by atoms with E-state index in [1.54, 1.807) is 11.3 Å². The molecule has 4 rings (SSSR count). The molecule has 0 saturated carbocycles. The third-order valence-corrected chi connectivity index (χ3v) is 7.92. The van der Waals surface area contributed by atoms with Crippen molar-refractivity contribution in [3.8, 4) is 21.0 Å². The number of hydrogen-bond acceptors (Lipinski definition) is 5. The van der Waals surface area contributed by atoms with Crippen LogP contribution in [-0.2, 0) is 21.1 Å². The summed E-state index contributed by atoms with van der Waals surface area (Å²) in [6, 6.07) is 17.8. The highest BCUT2D eigenvalue weighted by atomic mass is 32.2. The molecular weight excluding hydrogens is 404 g/mol. The molecule has 2 heterocycles. The highest BCUT2D eigenvalue weighted by Crippen LogP contribution is 2.36. The van der Waals surface area contributed by atoms with Gasteiger partial charge in [-0.3, -0.25) is 4.79 Å². The Balaban J connectivity index is 1.61.